The Kier molecular flexibility index (Phi) is 4.72. The van der Waals surface area contributed by atoms with Crippen molar-refractivity contribution in [1.29, 1.82) is 0 Å². The first kappa shape index (κ1) is 13.8. The second-order valence-electron chi connectivity index (χ2n) is 4.97. The van der Waals surface area contributed by atoms with Crippen LogP contribution >= 0.6 is 0 Å². The molecule has 1 unspecified atom stereocenters. The minimum Gasteiger partial charge on any atom is -0.387 e. The fourth-order valence-corrected chi connectivity index (χ4v) is 2.14. The second-order valence-corrected chi connectivity index (χ2v) is 4.97. The number of aliphatic hydroxyl groups excluding tert-OH is 1. The molecule has 0 aliphatic carbocycles. The Balaban J connectivity index is 1.92. The number of rotatable bonds is 5. The summed E-state index contributed by atoms with van der Waals surface area (Å²) in [5, 5.41) is 13.5. The van der Waals surface area contributed by atoms with E-state index in [-0.39, 0.29) is 6.04 Å². The lowest BCUT2D eigenvalue weighted by atomic mass is 10.0. The fourth-order valence-electron chi connectivity index (χ4n) is 2.14. The molecular weight excluding hydrogens is 234 g/mol. The minimum absolute atomic E-state index is 0.235. The zero-order valence-corrected chi connectivity index (χ0v) is 11.5. The van der Waals surface area contributed by atoms with Crippen LogP contribution in [0.15, 0.2) is 54.6 Å². The van der Waals surface area contributed by atoms with E-state index in [0.29, 0.717) is 6.54 Å². The van der Waals surface area contributed by atoms with Gasteiger partial charge in [-0.25, -0.2) is 0 Å². The molecule has 2 aromatic carbocycles. The average molecular weight is 255 g/mol. The van der Waals surface area contributed by atoms with Crippen molar-refractivity contribution in [3.63, 3.8) is 0 Å². The van der Waals surface area contributed by atoms with Gasteiger partial charge in [0.1, 0.15) is 0 Å². The molecule has 2 N–H and O–H groups in total. The van der Waals surface area contributed by atoms with E-state index in [0.717, 1.165) is 5.56 Å². The van der Waals surface area contributed by atoms with Gasteiger partial charge in [0.15, 0.2) is 0 Å². The molecule has 0 fully saturated rings. The van der Waals surface area contributed by atoms with Gasteiger partial charge in [-0.1, -0.05) is 60.2 Å². The quantitative estimate of drug-likeness (QED) is 0.858. The van der Waals surface area contributed by atoms with Crippen molar-refractivity contribution in [2.45, 2.75) is 26.0 Å². The molecule has 0 heterocycles. The maximum Gasteiger partial charge on any atom is 0.0914 e. The Bertz CT molecular complexity index is 510. The molecule has 2 rings (SSSR count). The van der Waals surface area contributed by atoms with Crippen LogP contribution in [0.1, 0.15) is 35.8 Å². The molecule has 2 nitrogen and oxygen atoms in total. The monoisotopic (exact) mass is 255 g/mol. The topological polar surface area (TPSA) is 32.3 Å². The summed E-state index contributed by atoms with van der Waals surface area (Å²) in [4.78, 5) is 0. The molecule has 2 atom stereocenters. The SMILES string of the molecule is Cc1cccc([C@@H](C)NCC(O)c2ccccc2)c1. The number of hydrogen-bond donors (Lipinski definition) is 2. The number of nitrogens with one attached hydrogen (secondary N) is 1. The third kappa shape index (κ3) is 3.91. The summed E-state index contributed by atoms with van der Waals surface area (Å²) in [5.41, 5.74) is 3.46. The summed E-state index contributed by atoms with van der Waals surface area (Å²) in [5.74, 6) is 0. The van der Waals surface area contributed by atoms with Crippen molar-refractivity contribution >= 4 is 0 Å². The maximum atomic E-state index is 10.1. The molecule has 2 aromatic rings. The third-order valence-corrected chi connectivity index (χ3v) is 3.34. The predicted octanol–water partition coefficient (Wildman–Crippen LogP) is 3.38. The van der Waals surface area contributed by atoms with Gasteiger partial charge in [0.05, 0.1) is 6.10 Å². The van der Waals surface area contributed by atoms with E-state index in [9.17, 15) is 5.11 Å². The highest BCUT2D eigenvalue weighted by Gasteiger charge is 2.10. The average Bonchev–Trinajstić information content (AvgIpc) is 2.45. The van der Waals surface area contributed by atoms with Crippen molar-refractivity contribution in [3.8, 4) is 0 Å². The highest BCUT2D eigenvalue weighted by Crippen LogP contribution is 2.16. The standard InChI is InChI=1S/C17H21NO/c1-13-7-6-10-16(11-13)14(2)18-12-17(19)15-8-4-3-5-9-15/h3-11,14,17-19H,12H2,1-2H3/t14-,17?/m1/s1. The summed E-state index contributed by atoms with van der Waals surface area (Å²) in [6, 6.07) is 18.4. The summed E-state index contributed by atoms with van der Waals surface area (Å²) in [6.45, 7) is 4.76. The molecule has 0 aliphatic rings. The van der Waals surface area contributed by atoms with E-state index in [2.05, 4.69) is 43.4 Å². The molecule has 0 aliphatic heterocycles. The van der Waals surface area contributed by atoms with Crippen molar-refractivity contribution in [3.05, 3.63) is 71.3 Å². The van der Waals surface area contributed by atoms with Gasteiger partial charge in [-0.15, -0.1) is 0 Å². The lowest BCUT2D eigenvalue weighted by Crippen LogP contribution is -2.24. The zero-order chi connectivity index (χ0) is 13.7. The van der Waals surface area contributed by atoms with E-state index in [1.165, 1.54) is 11.1 Å². The molecule has 100 valence electrons. The molecule has 19 heavy (non-hydrogen) atoms. The highest BCUT2D eigenvalue weighted by molar-refractivity contribution is 5.25. The second kappa shape index (κ2) is 6.50. The molecule has 0 radical (unpaired) electrons. The van der Waals surface area contributed by atoms with Crippen LogP contribution in [0.4, 0.5) is 0 Å². The normalized spacial score (nSPS) is 14.1. The van der Waals surface area contributed by atoms with Gasteiger partial charge in [0, 0.05) is 12.6 Å². The summed E-state index contributed by atoms with van der Waals surface area (Å²) < 4.78 is 0. The van der Waals surface area contributed by atoms with Crippen molar-refractivity contribution in [2.75, 3.05) is 6.54 Å². The Morgan fingerprint density at radius 3 is 2.37 bits per heavy atom. The van der Waals surface area contributed by atoms with E-state index >= 15 is 0 Å². The van der Waals surface area contributed by atoms with Gasteiger partial charge in [0.2, 0.25) is 0 Å². The number of hydrogen-bond acceptors (Lipinski definition) is 2. The molecule has 0 bridgehead atoms. The number of aryl methyl sites for hydroxylation is 1. The Morgan fingerprint density at radius 1 is 1.00 bits per heavy atom. The predicted molar refractivity (Wildman–Crippen MR) is 79.0 cm³/mol. The van der Waals surface area contributed by atoms with Crippen LogP contribution in [0.2, 0.25) is 0 Å². The third-order valence-electron chi connectivity index (χ3n) is 3.34. The Hall–Kier alpha value is -1.64. The molecule has 0 saturated carbocycles. The molecular formula is C17H21NO. The molecule has 0 saturated heterocycles. The first-order valence-corrected chi connectivity index (χ1v) is 6.70. The summed E-state index contributed by atoms with van der Waals surface area (Å²) >= 11 is 0. The van der Waals surface area contributed by atoms with Crippen LogP contribution in [0.25, 0.3) is 0 Å². The lowest BCUT2D eigenvalue weighted by Gasteiger charge is -2.18. The van der Waals surface area contributed by atoms with Gasteiger partial charge in [-0.2, -0.15) is 0 Å². The van der Waals surface area contributed by atoms with Crippen LogP contribution in [-0.4, -0.2) is 11.7 Å². The molecule has 0 spiro atoms. The van der Waals surface area contributed by atoms with Gasteiger partial charge < -0.3 is 10.4 Å². The molecule has 2 heteroatoms. The van der Waals surface area contributed by atoms with E-state index < -0.39 is 6.10 Å². The van der Waals surface area contributed by atoms with Gasteiger partial charge in [0.25, 0.3) is 0 Å². The maximum absolute atomic E-state index is 10.1. The van der Waals surface area contributed by atoms with Crippen LogP contribution < -0.4 is 5.32 Å². The first-order chi connectivity index (χ1) is 9.16. The smallest absolute Gasteiger partial charge is 0.0914 e. The van der Waals surface area contributed by atoms with Gasteiger partial charge in [-0.05, 0) is 25.0 Å². The minimum atomic E-state index is -0.464. The van der Waals surface area contributed by atoms with Crippen molar-refractivity contribution in [2.24, 2.45) is 0 Å². The van der Waals surface area contributed by atoms with Crippen molar-refractivity contribution in [1.82, 2.24) is 5.32 Å². The summed E-state index contributed by atoms with van der Waals surface area (Å²) in [6.07, 6.45) is -0.464. The fraction of sp³-hybridized carbons (Fsp3) is 0.294. The molecule has 0 amide bonds. The van der Waals surface area contributed by atoms with Gasteiger partial charge in [-0.3, -0.25) is 0 Å². The summed E-state index contributed by atoms with van der Waals surface area (Å²) in [7, 11) is 0. The van der Waals surface area contributed by atoms with Crippen LogP contribution in [0.3, 0.4) is 0 Å². The van der Waals surface area contributed by atoms with Crippen LogP contribution in [0, 0.1) is 6.92 Å². The van der Waals surface area contributed by atoms with Crippen molar-refractivity contribution < 1.29 is 5.11 Å². The largest absolute Gasteiger partial charge is 0.387 e. The van der Waals surface area contributed by atoms with E-state index in [4.69, 9.17) is 0 Å². The number of benzene rings is 2. The van der Waals surface area contributed by atoms with Gasteiger partial charge >= 0.3 is 0 Å². The van der Waals surface area contributed by atoms with Crippen LogP contribution in [-0.2, 0) is 0 Å². The Labute approximate surface area is 115 Å². The molecule has 0 aromatic heterocycles. The van der Waals surface area contributed by atoms with E-state index in [1.807, 2.05) is 30.3 Å². The Morgan fingerprint density at radius 2 is 1.68 bits per heavy atom. The van der Waals surface area contributed by atoms with E-state index in [1.54, 1.807) is 0 Å². The van der Waals surface area contributed by atoms with Crippen LogP contribution in [0.5, 0.6) is 0 Å². The lowest BCUT2D eigenvalue weighted by molar-refractivity contribution is 0.171. The zero-order valence-electron chi connectivity index (χ0n) is 11.5. The first-order valence-electron chi connectivity index (χ1n) is 6.70. The number of aliphatic hydroxyl groups is 1. The highest BCUT2D eigenvalue weighted by atomic mass is 16.3.